The molecule has 5 rings (SSSR count). The maximum Gasteiger partial charge on any atom is 0.251 e. The minimum Gasteiger partial charge on any atom is -0.399 e. The number of hydrogen-bond donors (Lipinski definition) is 1. The summed E-state index contributed by atoms with van der Waals surface area (Å²) in [6, 6.07) is 22.1. The Labute approximate surface area is 218 Å². The average molecular weight is 513 g/mol. The number of rotatable bonds is 6. The van der Waals surface area contributed by atoms with Crippen molar-refractivity contribution in [1.29, 1.82) is 0 Å². The Morgan fingerprint density at radius 1 is 1.03 bits per heavy atom. The number of oxime groups is 1. The highest BCUT2D eigenvalue weighted by atomic mass is 35.5. The predicted octanol–water partition coefficient (Wildman–Crippen LogP) is 4.86. The molecule has 0 saturated heterocycles. The zero-order valence-corrected chi connectivity index (χ0v) is 21.3. The van der Waals surface area contributed by atoms with E-state index in [0.29, 0.717) is 21.8 Å². The first kappa shape index (κ1) is 24.5. The Bertz CT molecular complexity index is 1690. The molecule has 0 radical (unpaired) electrons. The van der Waals surface area contributed by atoms with Gasteiger partial charge in [-0.1, -0.05) is 59.2 Å². The standard InChI is InChI=1S/C29H25ClN4O3/c1-33-18-31-17-27(33)29(36,21-9-7-19(8-10-21)16-32-37-3)22-11-12-26-25(14-22)24(15-28(35)34(26)2)20-5-4-6-23(30)13-20/h4-18,36H,1-3H3/b32-16+. The van der Waals surface area contributed by atoms with Gasteiger partial charge in [-0.05, 0) is 52.1 Å². The number of nitrogens with zero attached hydrogens (tertiary/aromatic N) is 4. The fraction of sp³-hybridized carbons (Fsp3) is 0.138. The van der Waals surface area contributed by atoms with Crippen molar-refractivity contribution in [3.05, 3.63) is 123 Å². The van der Waals surface area contributed by atoms with Crippen LogP contribution in [0.25, 0.3) is 22.0 Å². The molecule has 0 amide bonds. The molecule has 0 aliphatic carbocycles. The van der Waals surface area contributed by atoms with E-state index in [2.05, 4.69) is 10.1 Å². The molecule has 3 aromatic carbocycles. The van der Waals surface area contributed by atoms with E-state index in [-0.39, 0.29) is 5.56 Å². The number of aliphatic hydroxyl groups is 1. The first-order chi connectivity index (χ1) is 17.8. The molecule has 1 atom stereocenters. The quantitative estimate of drug-likeness (QED) is 0.260. The summed E-state index contributed by atoms with van der Waals surface area (Å²) in [5.41, 5.74) is 3.34. The van der Waals surface area contributed by atoms with Gasteiger partial charge in [0.1, 0.15) is 7.11 Å². The number of pyridine rings is 1. The Morgan fingerprint density at radius 3 is 2.46 bits per heavy atom. The molecule has 37 heavy (non-hydrogen) atoms. The number of fused-ring (bicyclic) bond motifs is 1. The van der Waals surface area contributed by atoms with E-state index in [1.165, 1.54) is 7.11 Å². The molecule has 0 aliphatic rings. The van der Waals surface area contributed by atoms with Crippen molar-refractivity contribution in [2.24, 2.45) is 19.3 Å². The van der Waals surface area contributed by atoms with Gasteiger partial charge in [-0.2, -0.15) is 0 Å². The van der Waals surface area contributed by atoms with Crippen LogP contribution in [-0.4, -0.2) is 32.5 Å². The van der Waals surface area contributed by atoms with E-state index in [0.717, 1.165) is 27.6 Å². The van der Waals surface area contributed by atoms with Crippen molar-refractivity contribution in [1.82, 2.24) is 14.1 Å². The van der Waals surface area contributed by atoms with Gasteiger partial charge in [-0.15, -0.1) is 0 Å². The van der Waals surface area contributed by atoms with Crippen molar-refractivity contribution in [2.45, 2.75) is 5.60 Å². The van der Waals surface area contributed by atoms with Crippen molar-refractivity contribution < 1.29 is 9.94 Å². The Balaban J connectivity index is 1.78. The number of aromatic nitrogens is 3. The van der Waals surface area contributed by atoms with Crippen LogP contribution in [-0.2, 0) is 24.5 Å². The monoisotopic (exact) mass is 512 g/mol. The summed E-state index contributed by atoms with van der Waals surface area (Å²) >= 11 is 6.28. The van der Waals surface area contributed by atoms with Crippen LogP contribution in [0.1, 0.15) is 22.4 Å². The molecule has 2 aromatic heterocycles. The Kier molecular flexibility index (Phi) is 6.41. The number of halogens is 1. The molecular weight excluding hydrogens is 488 g/mol. The minimum atomic E-state index is -1.53. The number of aryl methyl sites for hydroxylation is 2. The first-order valence-corrected chi connectivity index (χ1v) is 12.0. The number of hydrogen-bond acceptors (Lipinski definition) is 5. The largest absolute Gasteiger partial charge is 0.399 e. The normalized spacial score (nSPS) is 13.2. The van der Waals surface area contributed by atoms with Gasteiger partial charge >= 0.3 is 0 Å². The van der Waals surface area contributed by atoms with Gasteiger partial charge < -0.3 is 19.1 Å². The second kappa shape index (κ2) is 9.69. The Morgan fingerprint density at radius 2 is 1.78 bits per heavy atom. The molecule has 8 heteroatoms. The van der Waals surface area contributed by atoms with Crippen molar-refractivity contribution in [3.63, 3.8) is 0 Å². The van der Waals surface area contributed by atoms with E-state index in [1.807, 2.05) is 67.7 Å². The lowest BCUT2D eigenvalue weighted by Gasteiger charge is -2.30. The average Bonchev–Trinajstić information content (AvgIpc) is 3.35. The van der Waals surface area contributed by atoms with Crippen LogP contribution in [0.15, 0.2) is 95.3 Å². The molecule has 0 saturated carbocycles. The van der Waals surface area contributed by atoms with E-state index in [1.54, 1.807) is 47.1 Å². The van der Waals surface area contributed by atoms with E-state index in [9.17, 15) is 9.90 Å². The van der Waals surface area contributed by atoms with Crippen LogP contribution < -0.4 is 5.56 Å². The third kappa shape index (κ3) is 4.33. The molecule has 2 heterocycles. The third-order valence-corrected chi connectivity index (χ3v) is 6.86. The third-order valence-electron chi connectivity index (χ3n) is 6.62. The zero-order valence-electron chi connectivity index (χ0n) is 20.6. The van der Waals surface area contributed by atoms with Crippen LogP contribution in [0.5, 0.6) is 0 Å². The second-order valence-electron chi connectivity index (χ2n) is 8.84. The lowest BCUT2D eigenvalue weighted by Crippen LogP contribution is -2.31. The topological polar surface area (TPSA) is 81.6 Å². The highest BCUT2D eigenvalue weighted by Gasteiger charge is 2.37. The molecule has 1 unspecified atom stereocenters. The summed E-state index contributed by atoms with van der Waals surface area (Å²) in [5, 5.41) is 17.6. The molecule has 186 valence electrons. The van der Waals surface area contributed by atoms with E-state index < -0.39 is 5.60 Å². The molecule has 0 fully saturated rings. The highest BCUT2D eigenvalue weighted by Crippen LogP contribution is 2.39. The van der Waals surface area contributed by atoms with Crippen molar-refractivity contribution in [3.8, 4) is 11.1 Å². The molecule has 7 nitrogen and oxygen atoms in total. The molecule has 0 spiro atoms. The number of imidazole rings is 1. The highest BCUT2D eigenvalue weighted by molar-refractivity contribution is 6.30. The van der Waals surface area contributed by atoms with Crippen molar-refractivity contribution in [2.75, 3.05) is 7.11 Å². The molecule has 0 bridgehead atoms. The SMILES string of the molecule is CO/N=C/c1ccc(C(O)(c2ccc3c(c2)c(-c2cccc(Cl)c2)cc(=O)n3C)c2cncn2C)cc1. The Hall–Kier alpha value is -4.20. The summed E-state index contributed by atoms with van der Waals surface area (Å²) in [4.78, 5) is 21.8. The molecule has 5 aromatic rings. The van der Waals surface area contributed by atoms with Crippen LogP contribution in [0.4, 0.5) is 0 Å². The van der Waals surface area contributed by atoms with Crippen molar-refractivity contribution >= 4 is 28.7 Å². The van der Waals surface area contributed by atoms with Crippen LogP contribution in [0, 0.1) is 0 Å². The zero-order chi connectivity index (χ0) is 26.2. The molecule has 0 aliphatic heterocycles. The first-order valence-electron chi connectivity index (χ1n) is 11.6. The summed E-state index contributed by atoms with van der Waals surface area (Å²) in [5.74, 6) is 0. The fourth-order valence-electron chi connectivity index (χ4n) is 4.67. The second-order valence-corrected chi connectivity index (χ2v) is 9.27. The summed E-state index contributed by atoms with van der Waals surface area (Å²) in [6.07, 6.45) is 4.91. The summed E-state index contributed by atoms with van der Waals surface area (Å²) in [6.45, 7) is 0. The fourth-order valence-corrected chi connectivity index (χ4v) is 4.86. The van der Waals surface area contributed by atoms with E-state index >= 15 is 0 Å². The predicted molar refractivity (Wildman–Crippen MR) is 146 cm³/mol. The van der Waals surface area contributed by atoms with Crippen LogP contribution in [0.2, 0.25) is 5.02 Å². The van der Waals surface area contributed by atoms with Gasteiger partial charge in [0.05, 0.1) is 29.9 Å². The summed E-state index contributed by atoms with van der Waals surface area (Å²) < 4.78 is 3.39. The van der Waals surface area contributed by atoms with Crippen LogP contribution in [0.3, 0.4) is 0 Å². The lowest BCUT2D eigenvalue weighted by atomic mass is 9.82. The molecular formula is C29H25ClN4O3. The smallest absolute Gasteiger partial charge is 0.251 e. The van der Waals surface area contributed by atoms with Crippen LogP contribution >= 0.6 is 11.6 Å². The van der Waals surface area contributed by atoms with Gasteiger partial charge in [0, 0.05) is 30.6 Å². The van der Waals surface area contributed by atoms with Gasteiger partial charge in [0.25, 0.3) is 5.56 Å². The number of benzene rings is 3. The van der Waals surface area contributed by atoms with Gasteiger partial charge in [-0.25, -0.2) is 4.98 Å². The minimum absolute atomic E-state index is 0.134. The molecule has 1 N–H and O–H groups in total. The maximum absolute atomic E-state index is 12.8. The lowest BCUT2D eigenvalue weighted by molar-refractivity contribution is 0.117. The summed E-state index contributed by atoms with van der Waals surface area (Å²) in [7, 11) is 5.06. The maximum atomic E-state index is 12.8. The van der Waals surface area contributed by atoms with Gasteiger partial charge in [0.2, 0.25) is 0 Å². The van der Waals surface area contributed by atoms with Gasteiger partial charge in [0.15, 0.2) is 5.60 Å². The van der Waals surface area contributed by atoms with Gasteiger partial charge in [-0.3, -0.25) is 4.79 Å². The van der Waals surface area contributed by atoms with E-state index in [4.69, 9.17) is 16.4 Å².